The minimum absolute atomic E-state index is 0.171. The first-order valence-corrected chi connectivity index (χ1v) is 8.52. The summed E-state index contributed by atoms with van der Waals surface area (Å²) in [5.74, 6) is 0.544. The van der Waals surface area contributed by atoms with Crippen LogP contribution in [0.5, 0.6) is 0 Å². The van der Waals surface area contributed by atoms with Gasteiger partial charge in [0.25, 0.3) is 11.1 Å². The van der Waals surface area contributed by atoms with Crippen LogP contribution in [0.4, 0.5) is 0 Å². The molecule has 0 aliphatic carbocycles. The molecule has 0 aliphatic rings. The van der Waals surface area contributed by atoms with E-state index in [1.807, 2.05) is 6.07 Å². The number of hydrogen-bond donors (Lipinski definition) is 0. The third kappa shape index (κ3) is 2.99. The van der Waals surface area contributed by atoms with E-state index in [1.165, 1.54) is 6.26 Å². The third-order valence-corrected chi connectivity index (χ3v) is 4.91. The molecule has 8 heteroatoms. The molecule has 0 fully saturated rings. The predicted molar refractivity (Wildman–Crippen MR) is 95.2 cm³/mol. The number of fused-ring (bicyclic) bond motifs is 1. The van der Waals surface area contributed by atoms with Crippen molar-refractivity contribution in [3.8, 4) is 0 Å². The van der Waals surface area contributed by atoms with Gasteiger partial charge in [-0.2, -0.15) is 14.6 Å². The first kappa shape index (κ1) is 15.7. The van der Waals surface area contributed by atoms with Crippen LogP contribution < -0.4 is 15.7 Å². The predicted octanol–water partition coefficient (Wildman–Crippen LogP) is 1.90. The highest BCUT2D eigenvalue weighted by molar-refractivity contribution is 7.15. The van der Waals surface area contributed by atoms with Crippen molar-refractivity contribution in [3.05, 3.63) is 89.9 Å². The van der Waals surface area contributed by atoms with E-state index in [2.05, 4.69) is 10.1 Å². The summed E-state index contributed by atoms with van der Waals surface area (Å²) < 4.78 is 6.75. The molecule has 0 spiro atoms. The van der Waals surface area contributed by atoms with Gasteiger partial charge in [-0.15, -0.1) is 0 Å². The maximum atomic E-state index is 12.5. The van der Waals surface area contributed by atoms with Gasteiger partial charge >= 0.3 is 0 Å². The Labute approximate surface area is 149 Å². The molecular weight excluding hydrogens is 362 g/mol. The zero-order valence-corrected chi connectivity index (χ0v) is 14.3. The fraction of sp³-hybridized carbons (Fsp3) is 0.0588. The van der Waals surface area contributed by atoms with Crippen LogP contribution in [0.1, 0.15) is 17.0 Å². The van der Waals surface area contributed by atoms with Crippen molar-refractivity contribution in [1.29, 1.82) is 0 Å². The van der Waals surface area contributed by atoms with Crippen molar-refractivity contribution in [2.75, 3.05) is 0 Å². The van der Waals surface area contributed by atoms with Gasteiger partial charge in [-0.1, -0.05) is 41.1 Å². The van der Waals surface area contributed by atoms with E-state index >= 15 is 0 Å². The fourth-order valence-electron chi connectivity index (χ4n) is 2.38. The summed E-state index contributed by atoms with van der Waals surface area (Å²) in [6.07, 6.45) is 3.33. The van der Waals surface area contributed by atoms with Crippen molar-refractivity contribution in [1.82, 2.24) is 14.6 Å². The second-order valence-corrected chi connectivity index (χ2v) is 6.67. The Kier molecular flexibility index (Phi) is 3.95. The van der Waals surface area contributed by atoms with Crippen LogP contribution in [0.3, 0.4) is 0 Å². The molecule has 4 aromatic rings. The molecule has 6 nitrogen and oxygen atoms in total. The van der Waals surface area contributed by atoms with Gasteiger partial charge in [0, 0.05) is 17.5 Å². The van der Waals surface area contributed by atoms with Crippen LogP contribution in [-0.2, 0) is 6.42 Å². The lowest BCUT2D eigenvalue weighted by Crippen LogP contribution is -2.28. The lowest BCUT2D eigenvalue weighted by Gasteiger charge is -2.02. The molecule has 0 atom stereocenters. The van der Waals surface area contributed by atoms with Crippen LogP contribution in [0.2, 0.25) is 5.02 Å². The number of rotatable bonds is 3. The summed E-state index contributed by atoms with van der Waals surface area (Å²) in [6.45, 7) is 0. The molecule has 0 unspecified atom stereocenters. The van der Waals surface area contributed by atoms with Crippen molar-refractivity contribution in [3.63, 3.8) is 0 Å². The molecular formula is C17H10ClN3O3S. The van der Waals surface area contributed by atoms with Gasteiger partial charge in [-0.3, -0.25) is 9.59 Å². The second-order valence-electron chi connectivity index (χ2n) is 5.26. The average Bonchev–Trinajstić information content (AvgIpc) is 3.20. The molecule has 0 amide bonds. The van der Waals surface area contributed by atoms with Crippen LogP contribution in [0.25, 0.3) is 11.0 Å². The Bertz CT molecular complexity index is 1230. The highest BCUT2D eigenvalue weighted by Gasteiger charge is 2.13. The molecule has 3 heterocycles. The van der Waals surface area contributed by atoms with Crippen molar-refractivity contribution >= 4 is 34.0 Å². The van der Waals surface area contributed by atoms with E-state index in [-0.39, 0.29) is 22.6 Å². The maximum Gasteiger partial charge on any atom is 0.296 e. The Morgan fingerprint density at radius 3 is 2.80 bits per heavy atom. The molecule has 0 aliphatic heterocycles. The maximum absolute atomic E-state index is 12.5. The highest BCUT2D eigenvalue weighted by Crippen LogP contribution is 2.16. The standard InChI is InChI=1S/C17H10ClN3O3S/c18-12-6-2-1-4-10(12)8-13-15(22)19-17-21(20-13)16(23)14(25-17)9-11-5-3-7-24-11/h1-7,9H,8H2/b14-9+. The van der Waals surface area contributed by atoms with Gasteiger partial charge in [0.15, 0.2) is 0 Å². The molecule has 3 aromatic heterocycles. The number of halogens is 1. The summed E-state index contributed by atoms with van der Waals surface area (Å²) in [5, 5.41) is 4.73. The smallest absolute Gasteiger partial charge is 0.296 e. The topological polar surface area (TPSA) is 77.5 Å². The summed E-state index contributed by atoms with van der Waals surface area (Å²) >= 11 is 7.22. The van der Waals surface area contributed by atoms with Gasteiger partial charge in [-0.25, -0.2) is 0 Å². The van der Waals surface area contributed by atoms with Gasteiger partial charge in [0.05, 0.1) is 6.26 Å². The highest BCUT2D eigenvalue weighted by atomic mass is 35.5. The Balaban J connectivity index is 1.85. The minimum atomic E-state index is -0.467. The SMILES string of the molecule is O=c1nc2s/c(=C/c3ccco3)c(=O)n2nc1Cc1ccccc1Cl. The zero-order valence-electron chi connectivity index (χ0n) is 12.7. The van der Waals surface area contributed by atoms with Crippen molar-refractivity contribution in [2.45, 2.75) is 6.42 Å². The van der Waals surface area contributed by atoms with E-state index < -0.39 is 5.56 Å². The Morgan fingerprint density at radius 2 is 2.04 bits per heavy atom. The monoisotopic (exact) mass is 371 g/mol. The van der Waals surface area contributed by atoms with Gasteiger partial charge < -0.3 is 4.42 Å². The largest absolute Gasteiger partial charge is 0.465 e. The first-order chi connectivity index (χ1) is 12.1. The molecule has 0 saturated heterocycles. The summed E-state index contributed by atoms with van der Waals surface area (Å²) in [4.78, 5) is 29.0. The first-order valence-electron chi connectivity index (χ1n) is 7.33. The van der Waals surface area contributed by atoms with Crippen molar-refractivity contribution in [2.24, 2.45) is 0 Å². The van der Waals surface area contributed by atoms with E-state index in [0.717, 1.165) is 21.4 Å². The molecule has 4 rings (SSSR count). The second kappa shape index (κ2) is 6.27. The number of thiazole rings is 1. The zero-order chi connectivity index (χ0) is 17.4. The van der Waals surface area contributed by atoms with E-state index in [9.17, 15) is 9.59 Å². The molecule has 0 saturated carbocycles. The molecule has 0 radical (unpaired) electrons. The lowest BCUT2D eigenvalue weighted by atomic mass is 10.1. The number of benzene rings is 1. The van der Waals surface area contributed by atoms with Crippen LogP contribution in [0.15, 0.2) is 56.7 Å². The summed E-state index contributed by atoms with van der Waals surface area (Å²) in [5.41, 5.74) is 0.112. The van der Waals surface area contributed by atoms with Crippen LogP contribution >= 0.6 is 22.9 Å². The Morgan fingerprint density at radius 1 is 1.20 bits per heavy atom. The van der Waals surface area contributed by atoms with Crippen LogP contribution in [0, 0.1) is 0 Å². The number of hydrogen-bond acceptors (Lipinski definition) is 6. The summed E-state index contributed by atoms with van der Waals surface area (Å²) in [6, 6.07) is 10.6. The van der Waals surface area contributed by atoms with E-state index in [0.29, 0.717) is 15.3 Å². The number of furan rings is 1. The minimum Gasteiger partial charge on any atom is -0.465 e. The molecule has 0 N–H and O–H groups in total. The Hall–Kier alpha value is -2.77. The third-order valence-electron chi connectivity index (χ3n) is 3.58. The van der Waals surface area contributed by atoms with Gasteiger partial charge in [-0.05, 0) is 23.8 Å². The van der Waals surface area contributed by atoms with Crippen molar-refractivity contribution < 1.29 is 4.42 Å². The quantitative estimate of drug-likeness (QED) is 0.549. The molecule has 124 valence electrons. The summed E-state index contributed by atoms with van der Waals surface area (Å²) in [7, 11) is 0. The van der Waals surface area contributed by atoms with Crippen LogP contribution in [-0.4, -0.2) is 14.6 Å². The van der Waals surface area contributed by atoms with Gasteiger partial charge in [0.2, 0.25) is 4.96 Å². The van der Waals surface area contributed by atoms with E-state index in [1.54, 1.807) is 36.4 Å². The molecule has 25 heavy (non-hydrogen) atoms. The van der Waals surface area contributed by atoms with Gasteiger partial charge in [0.1, 0.15) is 16.0 Å². The number of aromatic nitrogens is 3. The normalized spacial score (nSPS) is 12.1. The van der Waals surface area contributed by atoms with E-state index in [4.69, 9.17) is 16.0 Å². The number of nitrogens with zero attached hydrogens (tertiary/aromatic N) is 3. The molecule has 1 aromatic carbocycles. The average molecular weight is 372 g/mol. The molecule has 0 bridgehead atoms. The fourth-order valence-corrected chi connectivity index (χ4v) is 3.46. The lowest BCUT2D eigenvalue weighted by molar-refractivity contribution is 0.556.